The van der Waals surface area contributed by atoms with Gasteiger partial charge in [-0.3, -0.25) is 4.79 Å². The van der Waals surface area contributed by atoms with Gasteiger partial charge in [0.2, 0.25) is 0 Å². The zero-order valence-corrected chi connectivity index (χ0v) is 15.0. The number of hydrogen-bond acceptors (Lipinski definition) is 2. The molecule has 3 aromatic rings. The Hall–Kier alpha value is -2.81. The standard InChI is InChI=1S/C22H23NO2/c1-4-23(5-2)22(24)21-19(25-3)15-17-13-9-10-14-18(17)20(21)16-11-7-6-8-12-16/h6-15H,4-5H2,1-3H3. The van der Waals surface area contributed by atoms with E-state index in [1.54, 1.807) is 7.11 Å². The topological polar surface area (TPSA) is 29.5 Å². The molecule has 128 valence electrons. The lowest BCUT2D eigenvalue weighted by Crippen LogP contribution is -2.31. The number of carbonyl (C=O) groups is 1. The van der Waals surface area contributed by atoms with Crippen LogP contribution in [0.5, 0.6) is 5.75 Å². The predicted octanol–water partition coefficient (Wildman–Crippen LogP) is 5.00. The number of fused-ring (bicyclic) bond motifs is 1. The molecule has 25 heavy (non-hydrogen) atoms. The number of ether oxygens (including phenoxy) is 1. The number of benzene rings is 3. The van der Waals surface area contributed by atoms with Gasteiger partial charge in [0, 0.05) is 18.7 Å². The maximum Gasteiger partial charge on any atom is 0.258 e. The fourth-order valence-corrected chi connectivity index (χ4v) is 3.27. The summed E-state index contributed by atoms with van der Waals surface area (Å²) in [6.07, 6.45) is 0. The van der Waals surface area contributed by atoms with Crippen LogP contribution in [0.1, 0.15) is 24.2 Å². The molecule has 0 aliphatic carbocycles. The quantitative estimate of drug-likeness (QED) is 0.658. The monoisotopic (exact) mass is 333 g/mol. The molecule has 0 radical (unpaired) electrons. The lowest BCUT2D eigenvalue weighted by molar-refractivity contribution is 0.0770. The first kappa shape index (κ1) is 17.0. The number of methoxy groups -OCH3 is 1. The normalized spacial score (nSPS) is 10.7. The average molecular weight is 333 g/mol. The molecule has 3 heteroatoms. The minimum Gasteiger partial charge on any atom is -0.496 e. The number of nitrogens with zero attached hydrogens (tertiary/aromatic N) is 1. The molecule has 3 rings (SSSR count). The van der Waals surface area contributed by atoms with Crippen molar-refractivity contribution in [3.05, 3.63) is 66.2 Å². The Bertz CT molecular complexity index is 883. The summed E-state index contributed by atoms with van der Waals surface area (Å²) in [4.78, 5) is 15.1. The highest BCUT2D eigenvalue weighted by Crippen LogP contribution is 2.38. The van der Waals surface area contributed by atoms with Gasteiger partial charge in [0.15, 0.2) is 0 Å². The van der Waals surface area contributed by atoms with Crippen LogP contribution in [-0.4, -0.2) is 31.0 Å². The van der Waals surface area contributed by atoms with Crippen LogP contribution < -0.4 is 4.74 Å². The van der Waals surface area contributed by atoms with Crippen LogP contribution in [0.2, 0.25) is 0 Å². The zero-order valence-electron chi connectivity index (χ0n) is 15.0. The molecular formula is C22H23NO2. The van der Waals surface area contributed by atoms with E-state index in [1.807, 2.05) is 67.3 Å². The molecule has 0 saturated carbocycles. The van der Waals surface area contributed by atoms with Gasteiger partial charge in [-0.15, -0.1) is 0 Å². The van der Waals surface area contributed by atoms with Gasteiger partial charge in [-0.05, 0) is 36.2 Å². The lowest BCUT2D eigenvalue weighted by Gasteiger charge is -2.23. The van der Waals surface area contributed by atoms with Crippen molar-refractivity contribution < 1.29 is 9.53 Å². The number of rotatable bonds is 5. The highest BCUT2D eigenvalue weighted by molar-refractivity contribution is 6.12. The first-order valence-corrected chi connectivity index (χ1v) is 8.65. The second-order valence-corrected chi connectivity index (χ2v) is 5.89. The van der Waals surface area contributed by atoms with Gasteiger partial charge in [-0.2, -0.15) is 0 Å². The van der Waals surface area contributed by atoms with Crippen LogP contribution in [0.4, 0.5) is 0 Å². The molecule has 0 N–H and O–H groups in total. The van der Waals surface area contributed by atoms with E-state index in [1.165, 1.54) is 0 Å². The maximum atomic E-state index is 13.3. The van der Waals surface area contributed by atoms with E-state index in [0.29, 0.717) is 24.4 Å². The van der Waals surface area contributed by atoms with Crippen molar-refractivity contribution >= 4 is 16.7 Å². The summed E-state index contributed by atoms with van der Waals surface area (Å²) < 4.78 is 5.63. The summed E-state index contributed by atoms with van der Waals surface area (Å²) in [6, 6.07) is 20.1. The summed E-state index contributed by atoms with van der Waals surface area (Å²) >= 11 is 0. The van der Waals surface area contributed by atoms with Crippen molar-refractivity contribution in [1.82, 2.24) is 4.90 Å². The summed E-state index contributed by atoms with van der Waals surface area (Å²) in [6.45, 7) is 5.33. The Balaban J connectivity index is 2.39. The number of hydrogen-bond donors (Lipinski definition) is 0. The van der Waals surface area contributed by atoms with E-state index in [-0.39, 0.29) is 5.91 Å². The number of amides is 1. The van der Waals surface area contributed by atoms with Crippen molar-refractivity contribution in [2.75, 3.05) is 20.2 Å². The Kier molecular flexibility index (Phi) is 5.03. The molecule has 3 nitrogen and oxygen atoms in total. The molecule has 0 aliphatic heterocycles. The molecule has 0 atom stereocenters. The predicted molar refractivity (Wildman–Crippen MR) is 103 cm³/mol. The van der Waals surface area contributed by atoms with Crippen LogP contribution in [0.3, 0.4) is 0 Å². The van der Waals surface area contributed by atoms with Gasteiger partial charge >= 0.3 is 0 Å². The van der Waals surface area contributed by atoms with Gasteiger partial charge in [0.25, 0.3) is 5.91 Å². The van der Waals surface area contributed by atoms with Crippen molar-refractivity contribution in [2.24, 2.45) is 0 Å². The lowest BCUT2D eigenvalue weighted by atomic mass is 9.91. The van der Waals surface area contributed by atoms with Crippen molar-refractivity contribution in [2.45, 2.75) is 13.8 Å². The third-order valence-electron chi connectivity index (χ3n) is 4.56. The molecule has 0 aromatic heterocycles. The van der Waals surface area contributed by atoms with E-state index >= 15 is 0 Å². The van der Waals surface area contributed by atoms with Gasteiger partial charge in [-0.25, -0.2) is 0 Å². The molecule has 0 unspecified atom stereocenters. The Morgan fingerprint density at radius 3 is 2.24 bits per heavy atom. The molecular weight excluding hydrogens is 310 g/mol. The molecule has 0 aliphatic rings. The second kappa shape index (κ2) is 7.39. The van der Waals surface area contributed by atoms with Crippen molar-refractivity contribution in [1.29, 1.82) is 0 Å². The second-order valence-electron chi connectivity index (χ2n) is 5.89. The van der Waals surface area contributed by atoms with E-state index in [2.05, 4.69) is 12.1 Å². The van der Waals surface area contributed by atoms with Gasteiger partial charge in [0.05, 0.1) is 12.7 Å². The smallest absolute Gasteiger partial charge is 0.258 e. The minimum absolute atomic E-state index is 0.00598. The van der Waals surface area contributed by atoms with Crippen LogP contribution in [0, 0.1) is 0 Å². The first-order valence-electron chi connectivity index (χ1n) is 8.65. The van der Waals surface area contributed by atoms with Gasteiger partial charge in [0.1, 0.15) is 5.75 Å². The SMILES string of the molecule is CCN(CC)C(=O)c1c(OC)cc2ccccc2c1-c1ccccc1. The number of carbonyl (C=O) groups excluding carboxylic acids is 1. The maximum absolute atomic E-state index is 13.3. The van der Waals surface area contributed by atoms with E-state index in [0.717, 1.165) is 21.9 Å². The van der Waals surface area contributed by atoms with Gasteiger partial charge < -0.3 is 9.64 Å². The largest absolute Gasteiger partial charge is 0.496 e. The molecule has 0 heterocycles. The molecule has 0 spiro atoms. The first-order chi connectivity index (χ1) is 12.2. The van der Waals surface area contributed by atoms with E-state index in [4.69, 9.17) is 4.74 Å². The highest BCUT2D eigenvalue weighted by atomic mass is 16.5. The van der Waals surface area contributed by atoms with Gasteiger partial charge in [-0.1, -0.05) is 54.6 Å². The van der Waals surface area contributed by atoms with Crippen LogP contribution in [-0.2, 0) is 0 Å². The Labute approximate surface area is 148 Å². The highest BCUT2D eigenvalue weighted by Gasteiger charge is 2.24. The summed E-state index contributed by atoms with van der Waals surface area (Å²) in [5.74, 6) is 0.626. The third kappa shape index (κ3) is 3.10. The fraction of sp³-hybridized carbons (Fsp3) is 0.227. The van der Waals surface area contributed by atoms with Crippen molar-refractivity contribution in [3.8, 4) is 16.9 Å². The molecule has 0 saturated heterocycles. The fourth-order valence-electron chi connectivity index (χ4n) is 3.27. The summed E-state index contributed by atoms with van der Waals surface area (Å²) in [7, 11) is 1.62. The van der Waals surface area contributed by atoms with E-state index < -0.39 is 0 Å². The molecule has 0 fully saturated rings. The summed E-state index contributed by atoms with van der Waals surface area (Å²) in [5, 5.41) is 2.12. The minimum atomic E-state index is 0.00598. The third-order valence-corrected chi connectivity index (χ3v) is 4.56. The average Bonchev–Trinajstić information content (AvgIpc) is 2.67. The Morgan fingerprint density at radius 1 is 0.960 bits per heavy atom. The van der Waals surface area contributed by atoms with Crippen LogP contribution in [0.15, 0.2) is 60.7 Å². The molecule has 3 aromatic carbocycles. The van der Waals surface area contributed by atoms with Crippen LogP contribution in [0.25, 0.3) is 21.9 Å². The van der Waals surface area contributed by atoms with Crippen molar-refractivity contribution in [3.63, 3.8) is 0 Å². The van der Waals surface area contributed by atoms with Crippen LogP contribution >= 0.6 is 0 Å². The molecule has 0 bridgehead atoms. The Morgan fingerprint density at radius 2 is 1.60 bits per heavy atom. The zero-order chi connectivity index (χ0) is 17.8. The molecule has 1 amide bonds. The van der Waals surface area contributed by atoms with E-state index in [9.17, 15) is 4.79 Å². The summed E-state index contributed by atoms with van der Waals surface area (Å²) in [5.41, 5.74) is 2.59.